The molecule has 17 heteroatoms. The van der Waals surface area contributed by atoms with Crippen LogP contribution < -0.4 is 43.7 Å². The molecule has 0 aliphatic carbocycles. The van der Waals surface area contributed by atoms with Gasteiger partial charge in [0.2, 0.25) is 29.6 Å². The molecule has 0 bridgehead atoms. The lowest BCUT2D eigenvalue weighted by Gasteiger charge is -2.29. The molecule has 4 amide bonds. The second-order valence-corrected chi connectivity index (χ2v) is 12.3. The maximum Gasteiger partial charge on any atom is 0.352 e. The SMILES string of the molecule is CC[C@@H](C)C(NC(=O)[C@H](C)N)C(=O)NC(CCCCNc1nc(=O)[nH]c(=O)[nH]1)C(=O)N[C@H](C(=O)N[C@@H](Cc1ccccc1)C(=O)O)C(C)C. The number of aromatic nitrogens is 3. The largest absolute Gasteiger partial charge is 0.480 e. The Morgan fingerprint density at radius 2 is 1.43 bits per heavy atom. The van der Waals surface area contributed by atoms with Crippen LogP contribution in [0.1, 0.15) is 65.9 Å². The first-order valence-corrected chi connectivity index (χ1v) is 16.3. The van der Waals surface area contributed by atoms with Gasteiger partial charge in [0.1, 0.15) is 24.2 Å². The zero-order valence-corrected chi connectivity index (χ0v) is 28.5. The molecule has 1 aromatic heterocycles. The Labute approximate surface area is 284 Å². The number of hydrogen-bond donors (Lipinski definition) is 9. The van der Waals surface area contributed by atoms with Crippen LogP contribution in [0, 0.1) is 11.8 Å². The van der Waals surface area contributed by atoms with Crippen LogP contribution >= 0.6 is 0 Å². The van der Waals surface area contributed by atoms with Gasteiger partial charge in [-0.3, -0.25) is 29.1 Å². The predicted molar refractivity (Wildman–Crippen MR) is 181 cm³/mol. The number of carboxylic acids is 1. The Balaban J connectivity index is 2.23. The average Bonchev–Trinajstić information content (AvgIpc) is 3.04. The zero-order valence-electron chi connectivity index (χ0n) is 28.5. The lowest BCUT2D eigenvalue weighted by Crippen LogP contribution is -2.60. The van der Waals surface area contributed by atoms with Gasteiger partial charge in [-0.05, 0) is 43.6 Å². The number of nitrogens with two attached hydrogens (primary N) is 1. The van der Waals surface area contributed by atoms with Gasteiger partial charge in [-0.1, -0.05) is 64.4 Å². The van der Waals surface area contributed by atoms with Gasteiger partial charge < -0.3 is 37.4 Å². The number of benzene rings is 1. The van der Waals surface area contributed by atoms with Gasteiger partial charge in [0.15, 0.2) is 0 Å². The molecule has 10 N–H and O–H groups in total. The van der Waals surface area contributed by atoms with Gasteiger partial charge in [-0.2, -0.15) is 4.98 Å². The van der Waals surface area contributed by atoms with Crippen LogP contribution in [0.2, 0.25) is 0 Å². The summed E-state index contributed by atoms with van der Waals surface area (Å²) in [4.78, 5) is 95.9. The molecule has 0 fully saturated rings. The Bertz CT molecular complexity index is 1500. The highest BCUT2D eigenvalue weighted by atomic mass is 16.4. The standard InChI is InChI=1S/C32H49N9O8/c1-6-18(4)24(38-25(42)19(5)33)28(45)35-21(14-10-11-15-34-30-39-31(48)41-32(49)40-30)26(43)37-23(17(2)3)27(44)36-22(29(46)47)16-20-12-8-7-9-13-20/h7-9,12-13,17-19,21-24H,6,10-11,14-16,33H2,1-5H3,(H,35,45)(H,36,44)(H,37,43)(H,38,42)(H,46,47)(H3,34,39,40,41,48,49)/t18-,19+,21?,22+,23+,24?/m1/s1. The second kappa shape index (κ2) is 19.7. The number of H-pyrrole nitrogens is 2. The summed E-state index contributed by atoms with van der Waals surface area (Å²) in [6, 6.07) is 3.34. The summed E-state index contributed by atoms with van der Waals surface area (Å²) in [6.07, 6.45) is 1.43. The van der Waals surface area contributed by atoms with Crippen LogP contribution in [0.3, 0.4) is 0 Å². The molecule has 6 atom stereocenters. The molecule has 0 saturated heterocycles. The minimum Gasteiger partial charge on any atom is -0.480 e. The molecule has 0 spiro atoms. The Morgan fingerprint density at radius 3 is 2.00 bits per heavy atom. The summed E-state index contributed by atoms with van der Waals surface area (Å²) in [5.74, 6) is -4.60. The van der Waals surface area contributed by atoms with E-state index in [0.717, 1.165) is 0 Å². The Morgan fingerprint density at radius 1 is 0.816 bits per heavy atom. The van der Waals surface area contributed by atoms with E-state index in [1.54, 1.807) is 51.1 Å². The van der Waals surface area contributed by atoms with Crippen LogP contribution in [0.4, 0.5) is 5.95 Å². The van der Waals surface area contributed by atoms with E-state index in [1.165, 1.54) is 6.92 Å². The lowest BCUT2D eigenvalue weighted by atomic mass is 9.96. The number of carboxylic acid groups (broad SMARTS) is 1. The van der Waals surface area contributed by atoms with Crippen molar-refractivity contribution in [3.8, 4) is 0 Å². The number of amides is 4. The van der Waals surface area contributed by atoms with E-state index in [9.17, 15) is 38.7 Å². The number of nitrogens with zero attached hydrogens (tertiary/aromatic N) is 1. The molecule has 0 aliphatic rings. The normalized spacial score (nSPS) is 14.8. The maximum atomic E-state index is 13.7. The van der Waals surface area contributed by atoms with E-state index >= 15 is 0 Å². The van der Waals surface area contributed by atoms with Gasteiger partial charge in [0, 0.05) is 13.0 Å². The third-order valence-electron chi connectivity index (χ3n) is 7.86. The van der Waals surface area contributed by atoms with Crippen molar-refractivity contribution in [2.75, 3.05) is 11.9 Å². The fourth-order valence-electron chi connectivity index (χ4n) is 4.77. The van der Waals surface area contributed by atoms with Crippen molar-refractivity contribution < 1.29 is 29.1 Å². The average molecular weight is 688 g/mol. The van der Waals surface area contributed by atoms with Crippen molar-refractivity contribution in [2.24, 2.45) is 17.6 Å². The quantitative estimate of drug-likeness (QED) is 0.0790. The number of anilines is 1. The summed E-state index contributed by atoms with van der Waals surface area (Å²) < 4.78 is 0. The van der Waals surface area contributed by atoms with Gasteiger partial charge in [-0.15, -0.1) is 0 Å². The summed E-state index contributed by atoms with van der Waals surface area (Å²) in [5.41, 5.74) is 4.85. The Kier molecular flexibility index (Phi) is 16.1. The molecule has 2 rings (SSSR count). The van der Waals surface area contributed by atoms with Gasteiger partial charge in [0.05, 0.1) is 6.04 Å². The zero-order chi connectivity index (χ0) is 36.7. The van der Waals surface area contributed by atoms with Crippen molar-refractivity contribution in [2.45, 2.75) is 96.9 Å². The summed E-state index contributed by atoms with van der Waals surface area (Å²) in [5, 5.41) is 23.2. The number of carbonyl (C=O) groups excluding carboxylic acids is 4. The molecule has 2 unspecified atom stereocenters. The fourth-order valence-corrected chi connectivity index (χ4v) is 4.77. The van der Waals surface area contributed by atoms with Crippen molar-refractivity contribution in [1.29, 1.82) is 0 Å². The van der Waals surface area contributed by atoms with Gasteiger partial charge in [0.25, 0.3) is 0 Å². The molecule has 1 heterocycles. The molecule has 0 aliphatic heterocycles. The van der Waals surface area contributed by atoms with E-state index in [1.807, 2.05) is 11.9 Å². The van der Waals surface area contributed by atoms with Crippen LogP contribution in [-0.4, -0.2) is 86.4 Å². The number of aliphatic carboxylic acids is 1. The Hall–Kier alpha value is -5.06. The van der Waals surface area contributed by atoms with E-state index in [2.05, 4.69) is 36.6 Å². The molecular weight excluding hydrogens is 638 g/mol. The van der Waals surface area contributed by atoms with E-state index in [4.69, 9.17) is 5.73 Å². The number of carbonyl (C=O) groups is 5. The molecule has 270 valence electrons. The number of hydrogen-bond acceptors (Lipinski definition) is 10. The van der Waals surface area contributed by atoms with Crippen LogP contribution in [-0.2, 0) is 30.4 Å². The predicted octanol–water partition coefficient (Wildman–Crippen LogP) is -0.644. The van der Waals surface area contributed by atoms with Crippen LogP contribution in [0.5, 0.6) is 0 Å². The van der Waals surface area contributed by atoms with Crippen molar-refractivity contribution in [3.05, 3.63) is 56.9 Å². The third-order valence-corrected chi connectivity index (χ3v) is 7.86. The summed E-state index contributed by atoms with van der Waals surface area (Å²) in [6.45, 7) is 8.72. The van der Waals surface area contributed by atoms with E-state index in [-0.39, 0.29) is 31.3 Å². The van der Waals surface area contributed by atoms with Gasteiger partial charge in [-0.25, -0.2) is 14.4 Å². The monoisotopic (exact) mass is 687 g/mol. The first kappa shape index (κ1) is 40.1. The molecule has 0 saturated carbocycles. The minimum absolute atomic E-state index is 0.0261. The second-order valence-electron chi connectivity index (χ2n) is 12.3. The minimum atomic E-state index is -1.26. The molecule has 49 heavy (non-hydrogen) atoms. The van der Waals surface area contributed by atoms with Gasteiger partial charge >= 0.3 is 17.3 Å². The first-order chi connectivity index (χ1) is 23.1. The fraction of sp³-hybridized carbons (Fsp3) is 0.562. The molecule has 1 aromatic carbocycles. The van der Waals surface area contributed by atoms with Crippen molar-refractivity contribution in [3.63, 3.8) is 0 Å². The van der Waals surface area contributed by atoms with Crippen molar-refractivity contribution >= 4 is 35.5 Å². The molecular formula is C32H49N9O8. The number of unbranched alkanes of at least 4 members (excludes halogenated alkanes) is 1. The number of rotatable bonds is 20. The molecule has 2 aromatic rings. The topological polar surface area (TPSA) is 270 Å². The third kappa shape index (κ3) is 13.5. The highest BCUT2D eigenvalue weighted by Crippen LogP contribution is 2.12. The maximum absolute atomic E-state index is 13.7. The van der Waals surface area contributed by atoms with Crippen LogP contribution in [0.15, 0.2) is 39.9 Å². The molecule has 0 radical (unpaired) electrons. The molecule has 17 nitrogen and oxygen atoms in total. The van der Waals surface area contributed by atoms with E-state index < -0.39 is 77.1 Å². The lowest BCUT2D eigenvalue weighted by molar-refractivity contribution is -0.142. The van der Waals surface area contributed by atoms with Crippen molar-refractivity contribution in [1.82, 2.24) is 36.2 Å². The highest BCUT2D eigenvalue weighted by Gasteiger charge is 2.34. The first-order valence-electron chi connectivity index (χ1n) is 16.3. The summed E-state index contributed by atoms with van der Waals surface area (Å²) >= 11 is 0. The number of nitrogens with one attached hydrogen (secondary N) is 7. The van der Waals surface area contributed by atoms with Crippen LogP contribution in [0.25, 0.3) is 0 Å². The smallest absolute Gasteiger partial charge is 0.352 e. The van der Waals surface area contributed by atoms with E-state index in [0.29, 0.717) is 24.8 Å². The summed E-state index contributed by atoms with van der Waals surface area (Å²) in [7, 11) is 0. The number of aromatic amines is 2. The highest BCUT2D eigenvalue weighted by molar-refractivity contribution is 5.95.